The first-order valence-corrected chi connectivity index (χ1v) is 7.38. The Balaban J connectivity index is 2.11. The Bertz CT molecular complexity index is 440. The predicted molar refractivity (Wildman–Crippen MR) is 81.8 cm³/mol. The molecule has 0 spiro atoms. The molecule has 1 atom stereocenters. The molecule has 2 rings (SSSR count). The molecule has 1 aliphatic rings. The predicted octanol–water partition coefficient (Wildman–Crippen LogP) is 3.47. The summed E-state index contributed by atoms with van der Waals surface area (Å²) in [5.41, 5.74) is 1.01. The zero-order valence-electron chi connectivity index (χ0n) is 12.3. The van der Waals surface area contributed by atoms with E-state index in [1.165, 1.54) is 6.42 Å². The summed E-state index contributed by atoms with van der Waals surface area (Å²) < 4.78 is 0. The molecule has 1 unspecified atom stereocenters. The van der Waals surface area contributed by atoms with Crippen LogP contribution >= 0.6 is 11.6 Å². The minimum absolute atomic E-state index is 0.0726. The molecule has 106 valence electrons. The average Bonchev–Trinajstić information content (AvgIpc) is 2.74. The third-order valence-electron chi connectivity index (χ3n) is 3.44. The monoisotopic (exact) mass is 281 g/mol. The Labute approximate surface area is 121 Å². The molecule has 1 saturated heterocycles. The van der Waals surface area contributed by atoms with Gasteiger partial charge in [-0.15, -0.1) is 0 Å². The number of rotatable bonds is 3. The van der Waals surface area contributed by atoms with Crippen molar-refractivity contribution in [2.45, 2.75) is 46.2 Å². The molecular weight excluding hydrogens is 258 g/mol. The maximum absolute atomic E-state index is 6.24. The molecule has 1 aromatic rings. The van der Waals surface area contributed by atoms with E-state index in [9.17, 15) is 0 Å². The summed E-state index contributed by atoms with van der Waals surface area (Å²) in [6.07, 6.45) is 1.25. The number of nitrogens with one attached hydrogen (secondary N) is 1. The lowest BCUT2D eigenvalue weighted by Crippen LogP contribution is -2.35. The highest BCUT2D eigenvalue weighted by atomic mass is 35.5. The van der Waals surface area contributed by atoms with Crippen LogP contribution in [-0.2, 0) is 6.54 Å². The van der Waals surface area contributed by atoms with Crippen LogP contribution in [0.25, 0.3) is 0 Å². The standard InChI is InChI=1S/C15H24ClN3/c1-11-7-8-19(10-11)14-6-5-12(16)13(18-14)9-17-15(2,3)4/h5-6,11,17H,7-10H2,1-4H3. The molecule has 0 aromatic carbocycles. The van der Waals surface area contributed by atoms with Gasteiger partial charge >= 0.3 is 0 Å². The number of pyridine rings is 1. The third kappa shape index (κ3) is 4.08. The van der Waals surface area contributed by atoms with Gasteiger partial charge in [0.1, 0.15) is 5.82 Å². The van der Waals surface area contributed by atoms with Crippen LogP contribution in [0.3, 0.4) is 0 Å². The lowest BCUT2D eigenvalue weighted by molar-refractivity contribution is 0.421. The van der Waals surface area contributed by atoms with Gasteiger partial charge < -0.3 is 10.2 Å². The van der Waals surface area contributed by atoms with Crippen molar-refractivity contribution in [3.63, 3.8) is 0 Å². The van der Waals surface area contributed by atoms with E-state index < -0.39 is 0 Å². The number of hydrogen-bond acceptors (Lipinski definition) is 3. The molecule has 1 aliphatic heterocycles. The Hall–Kier alpha value is -0.800. The number of hydrogen-bond donors (Lipinski definition) is 1. The van der Waals surface area contributed by atoms with Gasteiger partial charge in [0.15, 0.2) is 0 Å². The molecule has 1 N–H and O–H groups in total. The Morgan fingerprint density at radius 2 is 2.16 bits per heavy atom. The van der Waals surface area contributed by atoms with Gasteiger partial charge in [-0.3, -0.25) is 0 Å². The van der Waals surface area contributed by atoms with Gasteiger partial charge in [-0.1, -0.05) is 18.5 Å². The summed E-state index contributed by atoms with van der Waals surface area (Å²) in [5.74, 6) is 1.81. The molecule has 0 aliphatic carbocycles. The minimum atomic E-state index is 0.0726. The first kappa shape index (κ1) is 14.6. The van der Waals surface area contributed by atoms with Gasteiger partial charge in [0.25, 0.3) is 0 Å². The van der Waals surface area contributed by atoms with E-state index in [4.69, 9.17) is 16.6 Å². The molecule has 1 fully saturated rings. The highest BCUT2D eigenvalue weighted by Crippen LogP contribution is 2.24. The molecule has 1 aromatic heterocycles. The Morgan fingerprint density at radius 1 is 1.42 bits per heavy atom. The second-order valence-corrected chi connectivity index (χ2v) is 6.95. The molecular formula is C15H24ClN3. The highest BCUT2D eigenvalue weighted by molar-refractivity contribution is 6.31. The average molecular weight is 282 g/mol. The SMILES string of the molecule is CC1CCN(c2ccc(Cl)c(CNC(C)(C)C)n2)C1. The van der Waals surface area contributed by atoms with Crippen molar-refractivity contribution >= 4 is 17.4 Å². The van der Waals surface area contributed by atoms with Crippen LogP contribution in [-0.4, -0.2) is 23.6 Å². The van der Waals surface area contributed by atoms with Crippen molar-refractivity contribution in [1.82, 2.24) is 10.3 Å². The summed E-state index contributed by atoms with van der Waals surface area (Å²) in [6, 6.07) is 3.99. The van der Waals surface area contributed by atoms with E-state index in [1.54, 1.807) is 0 Å². The molecule has 19 heavy (non-hydrogen) atoms. The van der Waals surface area contributed by atoms with E-state index in [1.807, 2.05) is 12.1 Å². The zero-order valence-corrected chi connectivity index (χ0v) is 13.1. The van der Waals surface area contributed by atoms with Gasteiger partial charge in [-0.2, -0.15) is 0 Å². The molecule has 0 radical (unpaired) electrons. The second-order valence-electron chi connectivity index (χ2n) is 6.54. The summed E-state index contributed by atoms with van der Waals surface area (Å²) >= 11 is 6.24. The van der Waals surface area contributed by atoms with Gasteiger partial charge in [0.2, 0.25) is 0 Å². The Kier molecular flexibility index (Phi) is 4.36. The second kappa shape index (κ2) is 5.68. The van der Waals surface area contributed by atoms with Crippen LogP contribution in [0.1, 0.15) is 39.8 Å². The van der Waals surface area contributed by atoms with E-state index >= 15 is 0 Å². The van der Waals surface area contributed by atoms with Crippen molar-refractivity contribution in [2.75, 3.05) is 18.0 Å². The quantitative estimate of drug-likeness (QED) is 0.920. The fourth-order valence-electron chi connectivity index (χ4n) is 2.26. The molecule has 2 heterocycles. The topological polar surface area (TPSA) is 28.2 Å². The largest absolute Gasteiger partial charge is 0.356 e. The lowest BCUT2D eigenvalue weighted by Gasteiger charge is -2.22. The van der Waals surface area contributed by atoms with E-state index in [0.29, 0.717) is 6.54 Å². The van der Waals surface area contributed by atoms with E-state index in [2.05, 4.69) is 37.9 Å². The summed E-state index contributed by atoms with van der Waals surface area (Å²) in [4.78, 5) is 7.07. The number of halogens is 1. The van der Waals surface area contributed by atoms with Gasteiger partial charge in [0, 0.05) is 25.2 Å². The molecule has 0 bridgehead atoms. The maximum atomic E-state index is 6.24. The first-order chi connectivity index (χ1) is 8.85. The third-order valence-corrected chi connectivity index (χ3v) is 3.78. The van der Waals surface area contributed by atoms with Crippen LogP contribution in [0.4, 0.5) is 5.82 Å². The molecule has 4 heteroatoms. The number of aromatic nitrogens is 1. The first-order valence-electron chi connectivity index (χ1n) is 7.00. The van der Waals surface area contributed by atoms with Crippen LogP contribution < -0.4 is 10.2 Å². The van der Waals surface area contributed by atoms with Crippen molar-refractivity contribution in [3.8, 4) is 0 Å². The molecule has 3 nitrogen and oxygen atoms in total. The lowest BCUT2D eigenvalue weighted by atomic mass is 10.1. The fraction of sp³-hybridized carbons (Fsp3) is 0.667. The van der Waals surface area contributed by atoms with Crippen LogP contribution in [0.2, 0.25) is 5.02 Å². The normalized spacial score (nSPS) is 20.1. The van der Waals surface area contributed by atoms with E-state index in [-0.39, 0.29) is 5.54 Å². The minimum Gasteiger partial charge on any atom is -0.356 e. The van der Waals surface area contributed by atoms with Gasteiger partial charge in [0.05, 0.1) is 10.7 Å². The number of anilines is 1. The van der Waals surface area contributed by atoms with Crippen molar-refractivity contribution in [3.05, 3.63) is 22.8 Å². The van der Waals surface area contributed by atoms with Crippen LogP contribution in [0.15, 0.2) is 12.1 Å². The van der Waals surface area contributed by atoms with Crippen LogP contribution in [0, 0.1) is 5.92 Å². The summed E-state index contributed by atoms with van der Waals surface area (Å²) in [6.45, 7) is 11.6. The zero-order chi connectivity index (χ0) is 14.0. The van der Waals surface area contributed by atoms with Crippen molar-refractivity contribution < 1.29 is 0 Å². The number of nitrogens with zero attached hydrogens (tertiary/aromatic N) is 2. The molecule has 0 saturated carbocycles. The van der Waals surface area contributed by atoms with Crippen LogP contribution in [0.5, 0.6) is 0 Å². The summed E-state index contributed by atoms with van der Waals surface area (Å²) in [7, 11) is 0. The molecule has 0 amide bonds. The van der Waals surface area contributed by atoms with Crippen molar-refractivity contribution in [2.24, 2.45) is 5.92 Å². The van der Waals surface area contributed by atoms with E-state index in [0.717, 1.165) is 35.5 Å². The van der Waals surface area contributed by atoms with Gasteiger partial charge in [-0.05, 0) is 45.2 Å². The van der Waals surface area contributed by atoms with Gasteiger partial charge in [-0.25, -0.2) is 4.98 Å². The van der Waals surface area contributed by atoms with Crippen molar-refractivity contribution in [1.29, 1.82) is 0 Å². The maximum Gasteiger partial charge on any atom is 0.128 e. The smallest absolute Gasteiger partial charge is 0.128 e. The summed E-state index contributed by atoms with van der Waals surface area (Å²) in [5, 5.41) is 4.18. The Morgan fingerprint density at radius 3 is 2.74 bits per heavy atom. The highest BCUT2D eigenvalue weighted by Gasteiger charge is 2.20. The fourth-order valence-corrected chi connectivity index (χ4v) is 2.44.